The van der Waals surface area contributed by atoms with Crippen molar-refractivity contribution in [2.45, 2.75) is 0 Å². The average Bonchev–Trinajstić information content (AvgIpc) is 1.07. The Kier molecular flexibility index (Phi) is 4.83. The third-order valence-corrected chi connectivity index (χ3v) is 10.1. The van der Waals surface area contributed by atoms with Crippen LogP contribution in [0.3, 0.4) is 0 Å². The molecule has 0 amide bonds. The molecule has 0 atom stereocenters. The first kappa shape index (κ1) is 18.6. The SMILES string of the molecule is [2H]c1c([2H])c([2H])c(-c2c([2H])c([2H])c(-c3c([2H])c([2H])c(N(c4c([2H])c([2H])c(-c5ccc6c(c5)c5ccccc5n6-c5ccc(-c6ccccc6)cc5)c([2H])c4[2H])c4c([2H])c([2H])c([2H])c([2H])c4-c4c([2H])c([2H])c([2H])c([2H])c4[2H])c([2H])c3[2H])c([2H])c2[2H])c([2H])c1[2H]. The second kappa shape index (κ2) is 16.1. The van der Waals surface area contributed by atoms with Gasteiger partial charge in [0.2, 0.25) is 0 Å². The first-order valence-corrected chi connectivity index (χ1v) is 19.1. The van der Waals surface area contributed by atoms with E-state index in [2.05, 4.69) is 0 Å². The fourth-order valence-corrected chi connectivity index (χ4v) is 7.25. The van der Waals surface area contributed by atoms with E-state index in [0.717, 1.165) is 27.7 Å². The number of aromatic nitrogens is 1. The molecule has 0 unspecified atom stereocenters. The lowest BCUT2D eigenvalue weighted by Crippen LogP contribution is -2.11. The predicted molar refractivity (Wildman–Crippen MR) is 263 cm³/mol. The Bertz CT molecular complexity index is 4720. The minimum Gasteiger partial charge on any atom is -0.310 e. The summed E-state index contributed by atoms with van der Waals surface area (Å²) >= 11 is 0. The lowest BCUT2D eigenvalue weighted by Gasteiger charge is -2.28. The molecule has 62 heavy (non-hydrogen) atoms. The van der Waals surface area contributed by atoms with Gasteiger partial charge in [-0.05, 0) is 111 Å². The number of hydrogen-bond donors (Lipinski definition) is 0. The van der Waals surface area contributed by atoms with Crippen molar-refractivity contribution in [1.29, 1.82) is 0 Å². The van der Waals surface area contributed by atoms with Gasteiger partial charge in [0.15, 0.2) is 0 Å². The molecule has 0 bridgehead atoms. The summed E-state index contributed by atoms with van der Waals surface area (Å²) in [7, 11) is 0. The molecule has 11 rings (SSSR count). The van der Waals surface area contributed by atoms with Crippen LogP contribution in [0.5, 0.6) is 0 Å². The van der Waals surface area contributed by atoms with Gasteiger partial charge in [0.05, 0.1) is 52.4 Å². The largest absolute Gasteiger partial charge is 0.310 e. The summed E-state index contributed by atoms with van der Waals surface area (Å²) in [5, 5.41) is 1.37. The minimum atomic E-state index is -1.24. The summed E-state index contributed by atoms with van der Waals surface area (Å²) in [5.74, 6) is 0. The van der Waals surface area contributed by atoms with Crippen LogP contribution in [0, 0.1) is 0 Å². The highest BCUT2D eigenvalue weighted by atomic mass is 15.1. The number of hydrogen-bond acceptors (Lipinski definition) is 1. The van der Waals surface area contributed by atoms with E-state index < -0.39 is 208 Å². The van der Waals surface area contributed by atoms with Crippen LogP contribution in [0.2, 0.25) is 0 Å². The van der Waals surface area contributed by atoms with E-state index in [9.17, 15) is 13.7 Å². The third kappa shape index (κ3) is 6.94. The van der Waals surface area contributed by atoms with E-state index in [4.69, 9.17) is 21.9 Å². The molecular weight excluding hydrogens is 749 g/mol. The fourth-order valence-electron chi connectivity index (χ4n) is 7.25. The van der Waals surface area contributed by atoms with Gasteiger partial charge < -0.3 is 9.47 Å². The van der Waals surface area contributed by atoms with E-state index in [1.165, 1.54) is 0 Å². The van der Waals surface area contributed by atoms with E-state index in [0.29, 0.717) is 15.8 Å². The van der Waals surface area contributed by atoms with Crippen molar-refractivity contribution < 1.29 is 35.6 Å². The van der Waals surface area contributed by atoms with Crippen LogP contribution < -0.4 is 4.90 Å². The summed E-state index contributed by atoms with van der Waals surface area (Å²) in [5.41, 5.74) is -4.16. The zero-order valence-electron chi connectivity index (χ0n) is 58.1. The standard InChI is InChI=1S/C60H42N2/c1-4-14-43(15-5-1)45-24-26-46(27-25-45)48-28-35-52(36-29-48)61(58-22-12-10-20-55(58)50-18-8-3-9-19-50)53-37-32-49(33-38-53)51-34-41-60-57(42-51)56-21-11-13-23-59(56)62(60)54-39-30-47(31-40-54)44-16-6-2-7-17-44/h1-42H/i1D,3D,4D,5D,8D,9D,10D,12D,14D,15D,18D,19D,20D,22D,24D,25D,26D,27D,28D,29D,32D,33D,35D,36D,37D,38D. The number of benzene rings is 10. The highest BCUT2D eigenvalue weighted by Crippen LogP contribution is 2.42. The normalized spacial score (nSPS) is 17.1. The molecule has 292 valence electrons. The second-order valence-electron chi connectivity index (χ2n) is 13.8. The number of rotatable bonds is 9. The lowest BCUT2D eigenvalue weighted by atomic mass is 9.99. The first-order valence-electron chi connectivity index (χ1n) is 32.1. The molecule has 0 fully saturated rings. The van der Waals surface area contributed by atoms with Crippen LogP contribution in [0.4, 0.5) is 17.1 Å². The van der Waals surface area contributed by atoms with Crippen LogP contribution in [0.15, 0.2) is 254 Å². The summed E-state index contributed by atoms with van der Waals surface area (Å²) in [6.07, 6.45) is 0. The average molecular weight is 817 g/mol. The topological polar surface area (TPSA) is 8.17 Å². The molecule has 0 aliphatic rings. The quantitative estimate of drug-likeness (QED) is 0.141. The molecule has 1 aromatic heterocycles. The second-order valence-corrected chi connectivity index (χ2v) is 13.8. The van der Waals surface area contributed by atoms with Crippen LogP contribution >= 0.6 is 0 Å². The van der Waals surface area contributed by atoms with Crippen molar-refractivity contribution in [3.8, 4) is 61.3 Å². The molecular formula is C60H42N2. The summed E-state index contributed by atoms with van der Waals surface area (Å²) in [6.45, 7) is 0. The molecule has 2 heteroatoms. The zero-order valence-corrected chi connectivity index (χ0v) is 32.1. The van der Waals surface area contributed by atoms with Gasteiger partial charge in [-0.1, -0.05) is 194 Å². The smallest absolute Gasteiger partial charge is 0.0645 e. The van der Waals surface area contributed by atoms with Gasteiger partial charge in [0.1, 0.15) is 0 Å². The molecule has 10 aromatic carbocycles. The van der Waals surface area contributed by atoms with Crippen LogP contribution in [-0.2, 0) is 0 Å². The van der Waals surface area contributed by atoms with Gasteiger partial charge >= 0.3 is 0 Å². The summed E-state index contributed by atoms with van der Waals surface area (Å²) in [4.78, 5) is 0.458. The van der Waals surface area contributed by atoms with Gasteiger partial charge in [0.25, 0.3) is 0 Å². The van der Waals surface area contributed by atoms with Gasteiger partial charge in [-0.15, -0.1) is 0 Å². The Balaban J connectivity index is 1.19. The van der Waals surface area contributed by atoms with Crippen molar-refractivity contribution in [2.75, 3.05) is 4.90 Å². The molecule has 0 saturated carbocycles. The number of anilines is 3. The Morgan fingerprint density at radius 2 is 0.790 bits per heavy atom. The van der Waals surface area contributed by atoms with Gasteiger partial charge in [-0.2, -0.15) is 0 Å². The first-order chi connectivity index (χ1) is 41.6. The van der Waals surface area contributed by atoms with Crippen LogP contribution in [-0.4, -0.2) is 4.57 Å². The van der Waals surface area contributed by atoms with Crippen molar-refractivity contribution in [3.05, 3.63) is 254 Å². The van der Waals surface area contributed by atoms with E-state index >= 15 is 0 Å². The van der Waals surface area contributed by atoms with Crippen molar-refractivity contribution in [3.63, 3.8) is 0 Å². The van der Waals surface area contributed by atoms with E-state index in [1.807, 2.05) is 83.4 Å². The van der Waals surface area contributed by atoms with Gasteiger partial charge in [-0.3, -0.25) is 0 Å². The van der Waals surface area contributed by atoms with Gasteiger partial charge in [-0.25, -0.2) is 0 Å². The molecule has 11 aromatic rings. The summed E-state index contributed by atoms with van der Waals surface area (Å²) in [6, 6.07) is 3.81. The minimum absolute atomic E-state index is 0.150. The molecule has 2 nitrogen and oxygen atoms in total. The molecule has 0 N–H and O–H groups in total. The Hall–Kier alpha value is -8.20. The van der Waals surface area contributed by atoms with Crippen molar-refractivity contribution in [2.24, 2.45) is 0 Å². The maximum Gasteiger partial charge on any atom is 0.0645 e. The Morgan fingerprint density at radius 1 is 0.323 bits per heavy atom. The molecule has 0 radical (unpaired) electrons. The fraction of sp³-hybridized carbons (Fsp3) is 0. The monoisotopic (exact) mass is 816 g/mol. The van der Waals surface area contributed by atoms with Crippen molar-refractivity contribution >= 4 is 38.9 Å². The Morgan fingerprint density at radius 3 is 1.44 bits per heavy atom. The summed E-state index contributed by atoms with van der Waals surface area (Å²) < 4.78 is 238. The van der Waals surface area contributed by atoms with Gasteiger partial charge in [0, 0.05) is 33.4 Å². The molecule has 0 spiro atoms. The Labute approximate surface area is 399 Å². The lowest BCUT2D eigenvalue weighted by molar-refractivity contribution is 1.18. The van der Waals surface area contributed by atoms with E-state index in [-0.39, 0.29) is 11.1 Å². The number of fused-ring (bicyclic) bond motifs is 3. The van der Waals surface area contributed by atoms with Crippen LogP contribution in [0.25, 0.3) is 83.1 Å². The molecule has 0 aliphatic carbocycles. The van der Waals surface area contributed by atoms with Crippen molar-refractivity contribution in [1.82, 2.24) is 4.57 Å². The molecule has 1 heterocycles. The van der Waals surface area contributed by atoms with E-state index in [1.54, 1.807) is 18.2 Å². The molecule has 0 saturated heterocycles. The maximum absolute atomic E-state index is 9.85. The number of nitrogens with zero attached hydrogens (tertiary/aromatic N) is 2. The molecule has 0 aliphatic heterocycles. The predicted octanol–water partition coefficient (Wildman–Crippen LogP) is 16.6. The highest BCUT2D eigenvalue weighted by Gasteiger charge is 2.18. The van der Waals surface area contributed by atoms with Crippen LogP contribution in [0.1, 0.15) is 35.6 Å². The maximum atomic E-state index is 9.85. The zero-order chi connectivity index (χ0) is 63.9. The highest BCUT2D eigenvalue weighted by molar-refractivity contribution is 6.10. The number of para-hydroxylation sites is 2. The third-order valence-electron chi connectivity index (χ3n) is 10.1.